The molecule has 4 unspecified atom stereocenters. The van der Waals surface area contributed by atoms with E-state index in [1.165, 1.54) is 83.1 Å². The molecule has 0 bridgehead atoms. The number of rotatable bonds is 39. The van der Waals surface area contributed by atoms with Crippen LogP contribution >= 0.6 is 0 Å². The number of aliphatic hydroxyl groups is 7. The van der Waals surface area contributed by atoms with Gasteiger partial charge in [0, 0.05) is 12.5 Å². The van der Waals surface area contributed by atoms with Gasteiger partial charge in [0.2, 0.25) is 0 Å². The highest BCUT2D eigenvalue weighted by molar-refractivity contribution is 5.82. The van der Waals surface area contributed by atoms with Gasteiger partial charge in [0.05, 0.1) is 19.8 Å². The Hall–Kier alpha value is -2.80. The predicted octanol–water partition coefficient (Wildman–Crippen LogP) is 7.27. The summed E-state index contributed by atoms with van der Waals surface area (Å²) < 4.78 is 33.3. The van der Waals surface area contributed by atoms with Crippen LogP contribution in [0.3, 0.4) is 0 Å². The standard InChI is InChI=1S/C53H90O15/c1-3-5-7-9-11-13-15-17-19-20-22-23-25-27-29-31-33-35-44(55)63-38-41(66-45(56)36-34-32-30-28-26-24-21-18-16-14-12-10-8-6-4-2)39-64-52-51(62)49(60)47(58)43(68-52)40-65-53-50(61)48(59)46(57)42(37-54)67-53/h11,13,17,19,22-23,30,32,34,36,41-43,46-54,57-62H,3-10,12,14-16,18,20-21,24-29,31,33,35,37-40H2,1-2H3/b13-11+,19-17+,23-22+,32-30+,36-34+/t41-,42+,43+,46-,47-,48?,49?,50?,51?,52+,53+/m0/s1. The van der Waals surface area contributed by atoms with Gasteiger partial charge in [-0.15, -0.1) is 0 Å². The predicted molar refractivity (Wildman–Crippen MR) is 261 cm³/mol. The van der Waals surface area contributed by atoms with E-state index >= 15 is 0 Å². The molecule has 2 rings (SSSR count). The molecule has 2 saturated heterocycles. The van der Waals surface area contributed by atoms with E-state index in [1.54, 1.807) is 12.2 Å². The average molecular weight is 967 g/mol. The van der Waals surface area contributed by atoms with Crippen LogP contribution in [0.4, 0.5) is 0 Å². The first-order valence-corrected chi connectivity index (χ1v) is 25.9. The maximum atomic E-state index is 12.9. The van der Waals surface area contributed by atoms with E-state index in [9.17, 15) is 45.3 Å². The third-order valence-electron chi connectivity index (χ3n) is 12.1. The van der Waals surface area contributed by atoms with Gasteiger partial charge in [-0.25, -0.2) is 4.79 Å². The third-order valence-corrected chi connectivity index (χ3v) is 12.1. The molecule has 7 N–H and O–H groups in total. The zero-order chi connectivity index (χ0) is 49.6. The second-order valence-electron chi connectivity index (χ2n) is 18.1. The van der Waals surface area contributed by atoms with Gasteiger partial charge in [-0.1, -0.05) is 158 Å². The summed E-state index contributed by atoms with van der Waals surface area (Å²) in [5.41, 5.74) is 0. The van der Waals surface area contributed by atoms with Crippen molar-refractivity contribution in [2.24, 2.45) is 0 Å². The first-order valence-electron chi connectivity index (χ1n) is 25.9. The molecule has 11 atom stereocenters. The molecular weight excluding hydrogens is 877 g/mol. The summed E-state index contributed by atoms with van der Waals surface area (Å²) in [5.74, 6) is -1.21. The highest BCUT2D eigenvalue weighted by Gasteiger charge is 2.47. The smallest absolute Gasteiger partial charge is 0.331 e. The fraction of sp³-hybridized carbons (Fsp3) is 0.774. The molecular formula is C53H90O15. The maximum Gasteiger partial charge on any atom is 0.331 e. The van der Waals surface area contributed by atoms with Gasteiger partial charge < -0.3 is 64.2 Å². The van der Waals surface area contributed by atoms with Crippen LogP contribution in [-0.2, 0) is 38.0 Å². The molecule has 0 radical (unpaired) electrons. The molecule has 0 spiro atoms. The topological polar surface area (TPSA) is 231 Å². The van der Waals surface area contributed by atoms with Crippen LogP contribution in [0.25, 0.3) is 0 Å². The molecule has 0 aliphatic carbocycles. The molecule has 2 heterocycles. The van der Waals surface area contributed by atoms with E-state index in [0.717, 1.165) is 64.2 Å². The Balaban J connectivity index is 1.85. The zero-order valence-electron chi connectivity index (χ0n) is 41.3. The third kappa shape index (κ3) is 27.6. The Bertz CT molecular complexity index is 1420. The Morgan fingerprint density at radius 2 is 0.985 bits per heavy atom. The molecule has 0 aromatic heterocycles. The molecule has 0 amide bonds. The van der Waals surface area contributed by atoms with Crippen molar-refractivity contribution in [3.8, 4) is 0 Å². The molecule has 15 heteroatoms. The molecule has 2 fully saturated rings. The molecule has 0 aromatic carbocycles. The molecule has 2 aliphatic rings. The zero-order valence-corrected chi connectivity index (χ0v) is 41.3. The Labute approximate surface area is 407 Å². The van der Waals surface area contributed by atoms with Gasteiger partial charge in [-0.05, 0) is 57.8 Å². The Kier molecular flexibility index (Phi) is 36.0. The summed E-state index contributed by atoms with van der Waals surface area (Å²) in [4.78, 5) is 25.6. The van der Waals surface area contributed by atoms with Gasteiger partial charge in [0.1, 0.15) is 55.4 Å². The van der Waals surface area contributed by atoms with E-state index in [-0.39, 0.29) is 13.0 Å². The normalized spacial score (nSPS) is 26.2. The quantitative estimate of drug-likeness (QED) is 0.0106. The summed E-state index contributed by atoms with van der Waals surface area (Å²) in [6, 6.07) is 0. The molecule has 68 heavy (non-hydrogen) atoms. The monoisotopic (exact) mass is 967 g/mol. The molecule has 392 valence electrons. The molecule has 0 aromatic rings. The number of hydrogen-bond donors (Lipinski definition) is 7. The second kappa shape index (κ2) is 39.9. The maximum absolute atomic E-state index is 12.9. The summed E-state index contributed by atoms with van der Waals surface area (Å²) in [6.07, 6.45) is 28.8. The lowest BCUT2D eigenvalue weighted by Crippen LogP contribution is -2.61. The van der Waals surface area contributed by atoms with Crippen LogP contribution in [0.5, 0.6) is 0 Å². The highest BCUT2D eigenvalue weighted by Crippen LogP contribution is 2.26. The first kappa shape index (κ1) is 61.3. The minimum Gasteiger partial charge on any atom is -0.462 e. The summed E-state index contributed by atoms with van der Waals surface area (Å²) in [6.45, 7) is 2.41. The van der Waals surface area contributed by atoms with E-state index in [4.69, 9.17) is 28.4 Å². The number of ether oxygens (including phenoxy) is 6. The number of carbonyl (C=O) groups excluding carboxylic acids is 2. The van der Waals surface area contributed by atoms with Crippen LogP contribution < -0.4 is 0 Å². The second-order valence-corrected chi connectivity index (χ2v) is 18.1. The summed E-state index contributed by atoms with van der Waals surface area (Å²) in [5, 5.41) is 72.0. The Morgan fingerprint density at radius 1 is 0.515 bits per heavy atom. The first-order chi connectivity index (χ1) is 33.0. The fourth-order valence-electron chi connectivity index (χ4n) is 7.78. The summed E-state index contributed by atoms with van der Waals surface area (Å²) >= 11 is 0. The molecule has 15 nitrogen and oxygen atoms in total. The van der Waals surface area contributed by atoms with E-state index in [0.29, 0.717) is 6.42 Å². The van der Waals surface area contributed by atoms with Crippen molar-refractivity contribution in [1.29, 1.82) is 0 Å². The van der Waals surface area contributed by atoms with Gasteiger partial charge in [0.25, 0.3) is 0 Å². The number of allylic oxidation sites excluding steroid dienone is 9. The van der Waals surface area contributed by atoms with Gasteiger partial charge in [-0.2, -0.15) is 0 Å². The van der Waals surface area contributed by atoms with Crippen molar-refractivity contribution < 1.29 is 73.8 Å². The number of carbonyl (C=O) groups is 2. The lowest BCUT2D eigenvalue weighted by atomic mass is 9.98. The summed E-state index contributed by atoms with van der Waals surface area (Å²) in [7, 11) is 0. The van der Waals surface area contributed by atoms with Crippen molar-refractivity contribution in [2.45, 2.75) is 235 Å². The fourth-order valence-corrected chi connectivity index (χ4v) is 7.78. The van der Waals surface area contributed by atoms with Crippen molar-refractivity contribution in [1.82, 2.24) is 0 Å². The van der Waals surface area contributed by atoms with E-state index in [1.807, 2.05) is 6.08 Å². The van der Waals surface area contributed by atoms with Crippen LogP contribution in [-0.4, -0.2) is 142 Å². The van der Waals surface area contributed by atoms with Crippen LogP contribution in [0.15, 0.2) is 60.8 Å². The minimum absolute atomic E-state index is 0.170. The minimum atomic E-state index is -1.79. The van der Waals surface area contributed by atoms with E-state index in [2.05, 4.69) is 50.3 Å². The SMILES string of the molecule is CCCCC/C=C/C/C=C/C/C=C/CCCCCCC(=O)OC[C@@H](CO[C@@H]1O[C@H](CO[C@@H]2O[C@H](CO)[C@H](O)C(O)C2O)[C@H](O)C(O)C1O)OC(=O)/C=C/C=C/CCCCCCCCCCCCC. The number of unbranched alkanes of at least 4 members (excludes halogenated alkanes) is 18. The van der Waals surface area contributed by atoms with Crippen molar-refractivity contribution in [3.05, 3.63) is 60.8 Å². The van der Waals surface area contributed by atoms with Crippen LogP contribution in [0.2, 0.25) is 0 Å². The van der Waals surface area contributed by atoms with Crippen molar-refractivity contribution >= 4 is 11.9 Å². The highest BCUT2D eigenvalue weighted by atomic mass is 16.7. The van der Waals surface area contributed by atoms with E-state index < -0.39 is 99.3 Å². The number of hydrogen-bond acceptors (Lipinski definition) is 15. The number of esters is 2. The molecule has 0 saturated carbocycles. The van der Waals surface area contributed by atoms with Crippen LogP contribution in [0, 0.1) is 0 Å². The van der Waals surface area contributed by atoms with Crippen LogP contribution in [0.1, 0.15) is 168 Å². The van der Waals surface area contributed by atoms with Gasteiger partial charge >= 0.3 is 11.9 Å². The molecule has 2 aliphatic heterocycles. The average Bonchev–Trinajstić information content (AvgIpc) is 3.33. The largest absolute Gasteiger partial charge is 0.462 e. The number of aliphatic hydroxyl groups excluding tert-OH is 7. The lowest BCUT2D eigenvalue weighted by Gasteiger charge is -2.42. The Morgan fingerprint density at radius 3 is 1.57 bits per heavy atom. The van der Waals surface area contributed by atoms with Crippen molar-refractivity contribution in [3.63, 3.8) is 0 Å². The lowest BCUT2D eigenvalue weighted by molar-refractivity contribution is -0.332. The van der Waals surface area contributed by atoms with Gasteiger partial charge in [-0.3, -0.25) is 4.79 Å². The van der Waals surface area contributed by atoms with Crippen molar-refractivity contribution in [2.75, 3.05) is 26.4 Å². The van der Waals surface area contributed by atoms with Gasteiger partial charge in [0.15, 0.2) is 18.7 Å².